The van der Waals surface area contributed by atoms with Gasteiger partial charge in [0.15, 0.2) is 0 Å². The fraction of sp³-hybridized carbons (Fsp3) is 0.235. The van der Waals surface area contributed by atoms with Gasteiger partial charge in [-0.3, -0.25) is 4.79 Å². The summed E-state index contributed by atoms with van der Waals surface area (Å²) < 4.78 is 7.25. The maximum Gasteiger partial charge on any atom is 0.308 e. The summed E-state index contributed by atoms with van der Waals surface area (Å²) in [5, 5.41) is 31.2. The number of rotatable bonds is 11. The van der Waals surface area contributed by atoms with E-state index in [0.29, 0.717) is 55.4 Å². The molecule has 0 spiro atoms. The lowest BCUT2D eigenvalue weighted by Gasteiger charge is -2.20. The van der Waals surface area contributed by atoms with Gasteiger partial charge in [-0.1, -0.05) is 53.7 Å². The Kier molecular flexibility index (Phi) is 8.75. The van der Waals surface area contributed by atoms with E-state index in [1.165, 1.54) is 0 Å². The summed E-state index contributed by atoms with van der Waals surface area (Å²) in [6.07, 6.45) is 2.47. The molecule has 1 saturated heterocycles. The molecule has 226 valence electrons. The van der Waals surface area contributed by atoms with Crippen LogP contribution in [-0.4, -0.2) is 62.8 Å². The van der Waals surface area contributed by atoms with Crippen molar-refractivity contribution in [3.63, 3.8) is 0 Å². The maximum absolute atomic E-state index is 11.4. The number of aliphatic carboxylic acids is 1. The van der Waals surface area contributed by atoms with Crippen molar-refractivity contribution < 1.29 is 14.6 Å². The number of methoxy groups -OCH3 is 1. The molecule has 2 N–H and O–H groups in total. The van der Waals surface area contributed by atoms with E-state index in [1.807, 2.05) is 90.0 Å². The predicted octanol–water partition coefficient (Wildman–Crippen LogP) is 5.03. The summed E-state index contributed by atoms with van der Waals surface area (Å²) >= 11 is 0. The highest BCUT2D eigenvalue weighted by Crippen LogP contribution is 2.30. The number of nitriles is 1. The van der Waals surface area contributed by atoms with Gasteiger partial charge < -0.3 is 20.1 Å². The first kappa shape index (κ1) is 29.5. The monoisotopic (exact) mass is 600 g/mol. The second kappa shape index (κ2) is 13.4. The Morgan fingerprint density at radius 3 is 2.67 bits per heavy atom. The van der Waals surface area contributed by atoms with E-state index in [9.17, 15) is 15.2 Å². The lowest BCUT2D eigenvalue weighted by atomic mass is 10.0. The largest absolute Gasteiger partial charge is 0.481 e. The first-order valence-corrected chi connectivity index (χ1v) is 14.7. The molecule has 0 bridgehead atoms. The van der Waals surface area contributed by atoms with Crippen LogP contribution in [0.25, 0.3) is 22.5 Å². The van der Waals surface area contributed by atoms with Gasteiger partial charge in [-0.2, -0.15) is 5.26 Å². The van der Waals surface area contributed by atoms with E-state index in [1.54, 1.807) is 17.9 Å². The lowest BCUT2D eigenvalue weighted by molar-refractivity contribution is -0.140. The number of ether oxygens (including phenoxy) is 1. The fourth-order valence-electron chi connectivity index (χ4n) is 5.48. The summed E-state index contributed by atoms with van der Waals surface area (Å²) in [4.78, 5) is 23.1. The molecule has 0 radical (unpaired) electrons. The minimum atomic E-state index is -0.770. The van der Waals surface area contributed by atoms with Gasteiger partial charge in [0.1, 0.15) is 17.3 Å². The third-order valence-corrected chi connectivity index (χ3v) is 7.78. The molecule has 2 atom stereocenters. The van der Waals surface area contributed by atoms with E-state index in [0.717, 1.165) is 28.2 Å². The molecule has 1 aliphatic rings. The van der Waals surface area contributed by atoms with Crippen LogP contribution in [0.15, 0.2) is 91.1 Å². The average Bonchev–Trinajstić information content (AvgIpc) is 3.76. The molecule has 45 heavy (non-hydrogen) atoms. The van der Waals surface area contributed by atoms with Crippen molar-refractivity contribution in [3.05, 3.63) is 108 Å². The number of benzene rings is 2. The molecule has 1 unspecified atom stereocenters. The molecule has 0 aliphatic carbocycles. The summed E-state index contributed by atoms with van der Waals surface area (Å²) in [6.45, 7) is 1.95. The van der Waals surface area contributed by atoms with Gasteiger partial charge in [-0.25, -0.2) is 14.6 Å². The SMILES string of the molecule is COCC(Nc1cc(-c2cn(Cc3cccc(N4CC[C@H](C(=O)O)C4)n3)nn2)cc(-c2cccc(C#N)c2)n1)c1ccccc1. The molecular weight excluding hydrogens is 568 g/mol. The van der Waals surface area contributed by atoms with Crippen LogP contribution in [0, 0.1) is 17.2 Å². The number of hydrogen-bond donors (Lipinski definition) is 2. The van der Waals surface area contributed by atoms with Crippen LogP contribution >= 0.6 is 0 Å². The Balaban J connectivity index is 1.29. The summed E-state index contributed by atoms with van der Waals surface area (Å²) in [5.74, 6) is 0.242. The standard InChI is InChI=1S/C34H32N8O3/c1-45-22-31(24-8-3-2-4-9-24)38-32-17-27(16-29(37-32)25-10-5-7-23(15-25)18-35)30-21-42(40-39-30)20-28-11-6-12-33(36-28)41-14-13-26(19-41)34(43)44/h2-12,15-17,21,26,31H,13-14,19-20,22H2,1H3,(H,37,38)(H,43,44)/t26-,31?/m0/s1. The number of pyridine rings is 2. The number of carboxylic acid groups (broad SMARTS) is 1. The molecule has 11 nitrogen and oxygen atoms in total. The number of carboxylic acids is 1. The normalized spacial score (nSPS) is 15.0. The highest BCUT2D eigenvalue weighted by molar-refractivity contribution is 5.73. The second-order valence-corrected chi connectivity index (χ2v) is 10.9. The van der Waals surface area contributed by atoms with Crippen LogP contribution < -0.4 is 10.2 Å². The van der Waals surface area contributed by atoms with Crippen molar-refractivity contribution >= 4 is 17.6 Å². The Morgan fingerprint density at radius 2 is 1.89 bits per heavy atom. The molecule has 1 fully saturated rings. The molecule has 3 aromatic heterocycles. The summed E-state index contributed by atoms with van der Waals surface area (Å²) in [7, 11) is 1.67. The van der Waals surface area contributed by atoms with Crippen molar-refractivity contribution in [2.24, 2.45) is 5.92 Å². The Bertz CT molecular complexity index is 1830. The summed E-state index contributed by atoms with van der Waals surface area (Å²) in [6, 6.07) is 29.1. The quantitative estimate of drug-likeness (QED) is 0.212. The van der Waals surface area contributed by atoms with E-state index >= 15 is 0 Å². The van der Waals surface area contributed by atoms with Crippen molar-refractivity contribution in [2.75, 3.05) is 37.0 Å². The zero-order valence-electron chi connectivity index (χ0n) is 24.7. The molecule has 0 saturated carbocycles. The average molecular weight is 601 g/mol. The number of nitrogens with one attached hydrogen (secondary N) is 1. The van der Waals surface area contributed by atoms with E-state index in [-0.39, 0.29) is 12.0 Å². The van der Waals surface area contributed by atoms with Crippen molar-refractivity contribution in [1.82, 2.24) is 25.0 Å². The van der Waals surface area contributed by atoms with E-state index in [2.05, 4.69) is 21.7 Å². The molecule has 11 heteroatoms. The van der Waals surface area contributed by atoms with E-state index < -0.39 is 5.97 Å². The number of anilines is 2. The van der Waals surface area contributed by atoms with Gasteiger partial charge in [0.2, 0.25) is 0 Å². The van der Waals surface area contributed by atoms with Crippen molar-refractivity contribution in [2.45, 2.75) is 19.0 Å². The topological polar surface area (TPSA) is 142 Å². The van der Waals surface area contributed by atoms with Gasteiger partial charge in [-0.15, -0.1) is 5.10 Å². The minimum absolute atomic E-state index is 0.146. The molecule has 1 aliphatic heterocycles. The number of nitrogens with zero attached hydrogens (tertiary/aromatic N) is 7. The molecular formula is C34H32N8O3. The molecule has 4 heterocycles. The van der Waals surface area contributed by atoms with Crippen LogP contribution in [-0.2, 0) is 16.1 Å². The Morgan fingerprint density at radius 1 is 1.04 bits per heavy atom. The van der Waals surface area contributed by atoms with Crippen molar-refractivity contribution in [1.29, 1.82) is 5.26 Å². The van der Waals surface area contributed by atoms with Gasteiger partial charge in [-0.05, 0) is 48.4 Å². The zero-order chi connectivity index (χ0) is 31.2. The lowest BCUT2D eigenvalue weighted by Crippen LogP contribution is -2.23. The number of carbonyl (C=O) groups is 1. The van der Waals surface area contributed by atoms with Gasteiger partial charge in [0.25, 0.3) is 0 Å². The van der Waals surface area contributed by atoms with Crippen molar-refractivity contribution in [3.8, 4) is 28.6 Å². The molecule has 0 amide bonds. The van der Waals surface area contributed by atoms with E-state index in [4.69, 9.17) is 14.7 Å². The number of hydrogen-bond acceptors (Lipinski definition) is 9. The molecule has 6 rings (SSSR count). The first-order chi connectivity index (χ1) is 22.0. The van der Waals surface area contributed by atoms with Gasteiger partial charge in [0, 0.05) is 31.3 Å². The molecule has 5 aromatic rings. The Labute approximate surface area is 260 Å². The van der Waals surface area contributed by atoms with Crippen LogP contribution in [0.1, 0.15) is 29.3 Å². The van der Waals surface area contributed by atoms with Crippen LogP contribution in [0.5, 0.6) is 0 Å². The Hall–Kier alpha value is -5.60. The second-order valence-electron chi connectivity index (χ2n) is 10.9. The van der Waals surface area contributed by atoms with Crippen LogP contribution in [0.2, 0.25) is 0 Å². The molecule has 2 aromatic carbocycles. The smallest absolute Gasteiger partial charge is 0.308 e. The highest BCUT2D eigenvalue weighted by Gasteiger charge is 2.28. The maximum atomic E-state index is 11.4. The zero-order valence-corrected chi connectivity index (χ0v) is 24.7. The van der Waals surface area contributed by atoms with Crippen LogP contribution in [0.3, 0.4) is 0 Å². The number of aromatic nitrogens is 5. The fourth-order valence-corrected chi connectivity index (χ4v) is 5.48. The third-order valence-electron chi connectivity index (χ3n) is 7.78. The predicted molar refractivity (Wildman–Crippen MR) is 169 cm³/mol. The minimum Gasteiger partial charge on any atom is -0.481 e. The summed E-state index contributed by atoms with van der Waals surface area (Å²) in [5.41, 5.74) is 5.35. The van der Waals surface area contributed by atoms with Gasteiger partial charge in [0.05, 0.1) is 54.3 Å². The van der Waals surface area contributed by atoms with Gasteiger partial charge >= 0.3 is 5.97 Å². The highest BCUT2D eigenvalue weighted by atomic mass is 16.5. The van der Waals surface area contributed by atoms with Crippen LogP contribution in [0.4, 0.5) is 11.6 Å². The third kappa shape index (κ3) is 6.98. The first-order valence-electron chi connectivity index (χ1n) is 14.7.